The number of H-pyrrole nitrogens is 1. The molecule has 4 aromatic heterocycles. The van der Waals surface area contributed by atoms with Crippen LogP contribution in [0.25, 0.3) is 16.6 Å². The smallest absolute Gasteiger partial charge is 0.253 e. The van der Waals surface area contributed by atoms with Crippen LogP contribution in [0.2, 0.25) is 5.02 Å². The van der Waals surface area contributed by atoms with E-state index >= 15 is 0 Å². The molecule has 0 saturated heterocycles. The number of anilines is 1. The minimum absolute atomic E-state index is 0.198. The number of halogens is 1. The molecule has 0 aliphatic carbocycles. The number of imidazole rings is 1. The van der Waals surface area contributed by atoms with Crippen molar-refractivity contribution in [2.45, 2.75) is 19.6 Å². The van der Waals surface area contributed by atoms with Crippen LogP contribution in [-0.4, -0.2) is 24.5 Å². The number of hydrogen-bond acceptors (Lipinski definition) is 6. The van der Waals surface area contributed by atoms with Gasteiger partial charge in [0.15, 0.2) is 0 Å². The maximum Gasteiger partial charge on any atom is 0.253 e. The Bertz CT molecular complexity index is 1490. The lowest BCUT2D eigenvalue weighted by Crippen LogP contribution is -2.20. The maximum atomic E-state index is 12.9. The summed E-state index contributed by atoms with van der Waals surface area (Å²) >= 11 is 6.47. The summed E-state index contributed by atoms with van der Waals surface area (Å²) in [7, 11) is 0. The predicted octanol–water partition coefficient (Wildman–Crippen LogP) is 4.91. The molecule has 0 fully saturated rings. The minimum atomic E-state index is -0.294. The van der Waals surface area contributed by atoms with Crippen molar-refractivity contribution in [3.8, 4) is 11.4 Å². The van der Waals surface area contributed by atoms with Crippen LogP contribution in [0.1, 0.15) is 24.2 Å². The molecule has 1 atom stereocenters. The van der Waals surface area contributed by atoms with Crippen LogP contribution in [0, 0.1) is 0 Å². The van der Waals surface area contributed by atoms with Gasteiger partial charge >= 0.3 is 0 Å². The zero-order valence-electron chi connectivity index (χ0n) is 18.3. The average molecular weight is 473 g/mol. The minimum Gasteiger partial charge on any atom is -0.486 e. The Hall–Kier alpha value is -4.17. The Morgan fingerprint density at radius 2 is 2.03 bits per heavy atom. The van der Waals surface area contributed by atoms with Crippen molar-refractivity contribution >= 4 is 28.3 Å². The van der Waals surface area contributed by atoms with E-state index in [0.717, 1.165) is 16.8 Å². The lowest BCUT2D eigenvalue weighted by atomic mass is 10.1. The van der Waals surface area contributed by atoms with E-state index in [2.05, 4.69) is 25.3 Å². The predicted molar refractivity (Wildman–Crippen MR) is 132 cm³/mol. The Labute approximate surface area is 200 Å². The highest BCUT2D eigenvalue weighted by Crippen LogP contribution is 2.30. The molecule has 0 aliphatic heterocycles. The van der Waals surface area contributed by atoms with Crippen LogP contribution in [0.5, 0.6) is 5.75 Å². The highest BCUT2D eigenvalue weighted by Gasteiger charge is 2.14. The van der Waals surface area contributed by atoms with Crippen LogP contribution in [0.4, 0.5) is 5.82 Å². The second-order valence-corrected chi connectivity index (χ2v) is 8.18. The first-order valence-electron chi connectivity index (χ1n) is 10.7. The Balaban J connectivity index is 1.38. The molecule has 9 heteroatoms. The molecule has 2 N–H and O–H groups in total. The number of nitrogens with zero attached hydrogens (tertiary/aromatic N) is 4. The third kappa shape index (κ3) is 4.62. The molecule has 5 rings (SSSR count). The number of benzene rings is 1. The van der Waals surface area contributed by atoms with Gasteiger partial charge in [-0.15, -0.1) is 0 Å². The average Bonchev–Trinajstić information content (AvgIpc) is 3.39. The SMILES string of the molecule is C[C@H](Nc1cc(-n2ccnc2)ccn1)c1cc2cc(Cl)c(OCc3ccccn3)cc2[nH]c1=O. The third-order valence-electron chi connectivity index (χ3n) is 5.40. The Kier molecular flexibility index (Phi) is 5.97. The maximum absolute atomic E-state index is 12.9. The molecular weight excluding hydrogens is 452 g/mol. The molecule has 0 spiro atoms. The molecule has 170 valence electrons. The Morgan fingerprint density at radius 3 is 2.82 bits per heavy atom. The van der Waals surface area contributed by atoms with E-state index in [9.17, 15) is 4.79 Å². The van der Waals surface area contributed by atoms with Gasteiger partial charge in [0.2, 0.25) is 0 Å². The fourth-order valence-electron chi connectivity index (χ4n) is 3.66. The summed E-state index contributed by atoms with van der Waals surface area (Å²) < 4.78 is 7.71. The van der Waals surface area contributed by atoms with E-state index in [0.29, 0.717) is 27.7 Å². The molecule has 0 aliphatic rings. The van der Waals surface area contributed by atoms with E-state index in [1.54, 1.807) is 37.1 Å². The van der Waals surface area contributed by atoms with Crippen LogP contribution in [0.3, 0.4) is 0 Å². The van der Waals surface area contributed by atoms with Gasteiger partial charge in [-0.05, 0) is 37.3 Å². The largest absolute Gasteiger partial charge is 0.486 e. The highest BCUT2D eigenvalue weighted by atomic mass is 35.5. The molecule has 0 unspecified atom stereocenters. The summed E-state index contributed by atoms with van der Waals surface area (Å²) in [5.74, 6) is 1.13. The second-order valence-electron chi connectivity index (χ2n) is 7.77. The van der Waals surface area contributed by atoms with Gasteiger partial charge in [0.05, 0.1) is 34.3 Å². The summed E-state index contributed by atoms with van der Waals surface area (Å²) in [4.78, 5) is 28.5. The zero-order chi connectivity index (χ0) is 23.5. The summed E-state index contributed by atoms with van der Waals surface area (Å²) in [6.45, 7) is 2.19. The van der Waals surface area contributed by atoms with E-state index in [1.807, 2.05) is 54.1 Å². The lowest BCUT2D eigenvalue weighted by molar-refractivity contribution is 0.302. The number of rotatable bonds is 7. The van der Waals surface area contributed by atoms with Gasteiger partial charge in [-0.2, -0.15) is 0 Å². The van der Waals surface area contributed by atoms with Crippen molar-refractivity contribution in [3.05, 3.63) is 106 Å². The van der Waals surface area contributed by atoms with E-state index in [-0.39, 0.29) is 18.2 Å². The highest BCUT2D eigenvalue weighted by molar-refractivity contribution is 6.32. The number of aromatic amines is 1. The lowest BCUT2D eigenvalue weighted by Gasteiger charge is -2.16. The van der Waals surface area contributed by atoms with Crippen molar-refractivity contribution in [3.63, 3.8) is 0 Å². The summed E-state index contributed by atoms with van der Waals surface area (Å²) in [5, 5.41) is 4.56. The first-order chi connectivity index (χ1) is 16.6. The zero-order valence-corrected chi connectivity index (χ0v) is 19.0. The van der Waals surface area contributed by atoms with Crippen LogP contribution in [0.15, 0.2) is 84.4 Å². The molecule has 0 radical (unpaired) electrons. The fourth-order valence-corrected chi connectivity index (χ4v) is 3.89. The van der Waals surface area contributed by atoms with Gasteiger partial charge in [0.1, 0.15) is 18.2 Å². The normalized spacial score (nSPS) is 11.9. The van der Waals surface area contributed by atoms with Crippen molar-refractivity contribution in [1.29, 1.82) is 0 Å². The standard InChI is InChI=1S/C25H21ClN6O2/c1-16(30-24-12-19(5-7-29-24)32-9-8-27-15-32)20-10-17-11-21(26)23(13-22(17)31-25(20)33)34-14-18-4-2-3-6-28-18/h2-13,15-16H,14H2,1H3,(H,29,30)(H,31,33)/t16-/m0/s1. The van der Waals surface area contributed by atoms with E-state index < -0.39 is 0 Å². The number of ether oxygens (including phenoxy) is 1. The number of pyridine rings is 3. The quantitative estimate of drug-likeness (QED) is 0.349. The van der Waals surface area contributed by atoms with Crippen LogP contribution < -0.4 is 15.6 Å². The van der Waals surface area contributed by atoms with Gasteiger partial charge in [-0.25, -0.2) is 9.97 Å². The van der Waals surface area contributed by atoms with E-state index in [1.165, 1.54) is 0 Å². The second kappa shape index (κ2) is 9.36. The molecule has 0 saturated carbocycles. The van der Waals surface area contributed by atoms with Crippen LogP contribution in [-0.2, 0) is 6.61 Å². The van der Waals surface area contributed by atoms with Gasteiger partial charge in [0.25, 0.3) is 5.56 Å². The number of aromatic nitrogens is 5. The molecule has 0 amide bonds. The van der Waals surface area contributed by atoms with Crippen molar-refractivity contribution in [1.82, 2.24) is 24.5 Å². The number of nitrogens with one attached hydrogen (secondary N) is 2. The molecule has 5 aromatic rings. The van der Waals surface area contributed by atoms with E-state index in [4.69, 9.17) is 16.3 Å². The summed E-state index contributed by atoms with van der Waals surface area (Å²) in [5.41, 5.74) is 2.71. The summed E-state index contributed by atoms with van der Waals surface area (Å²) in [6.07, 6.45) is 8.70. The molecule has 4 heterocycles. The van der Waals surface area contributed by atoms with Crippen molar-refractivity contribution in [2.24, 2.45) is 0 Å². The number of hydrogen-bond donors (Lipinski definition) is 2. The van der Waals surface area contributed by atoms with Gasteiger partial charge < -0.3 is 19.6 Å². The first kappa shape index (κ1) is 21.7. The molecule has 8 nitrogen and oxygen atoms in total. The molecular formula is C25H21ClN6O2. The van der Waals surface area contributed by atoms with Crippen molar-refractivity contribution in [2.75, 3.05) is 5.32 Å². The third-order valence-corrected chi connectivity index (χ3v) is 5.70. The van der Waals surface area contributed by atoms with Crippen LogP contribution >= 0.6 is 11.6 Å². The topological polar surface area (TPSA) is 97.7 Å². The van der Waals surface area contributed by atoms with Gasteiger partial charge in [-0.1, -0.05) is 17.7 Å². The first-order valence-corrected chi connectivity index (χ1v) is 11.0. The molecule has 34 heavy (non-hydrogen) atoms. The van der Waals surface area contributed by atoms with Crippen molar-refractivity contribution < 1.29 is 4.74 Å². The molecule has 1 aromatic carbocycles. The fraction of sp³-hybridized carbons (Fsp3) is 0.120. The number of fused-ring (bicyclic) bond motifs is 1. The monoisotopic (exact) mass is 472 g/mol. The van der Waals surface area contributed by atoms with Gasteiger partial charge in [0, 0.05) is 47.9 Å². The molecule has 0 bridgehead atoms. The van der Waals surface area contributed by atoms with Gasteiger partial charge in [-0.3, -0.25) is 9.78 Å². The summed E-state index contributed by atoms with van der Waals surface area (Å²) in [6, 6.07) is 14.5. The Morgan fingerprint density at radius 1 is 1.12 bits per heavy atom.